The highest BCUT2D eigenvalue weighted by molar-refractivity contribution is 8.68. The Morgan fingerprint density at radius 3 is 2.89 bits per heavy atom. The molecule has 1 saturated heterocycles. The van der Waals surface area contributed by atoms with Gasteiger partial charge in [0.25, 0.3) is 0 Å². The highest BCUT2D eigenvalue weighted by Crippen LogP contribution is 2.17. The maximum absolute atomic E-state index is 5.12. The molecule has 0 amide bonds. The number of thiol groups is 1. The van der Waals surface area contributed by atoms with Gasteiger partial charge in [-0.2, -0.15) is 0 Å². The van der Waals surface area contributed by atoms with Crippen molar-refractivity contribution >= 4 is 22.5 Å². The van der Waals surface area contributed by atoms with Crippen molar-refractivity contribution in [3.63, 3.8) is 0 Å². The molecule has 1 aliphatic rings. The van der Waals surface area contributed by atoms with Crippen molar-refractivity contribution in [1.82, 2.24) is 5.32 Å². The first-order valence-corrected chi connectivity index (χ1v) is 5.03. The Labute approximate surface area is 64.5 Å². The molecule has 0 aromatic heterocycles. The molecule has 2 nitrogen and oxygen atoms in total. The number of rotatable bonds is 4. The molecule has 0 spiro atoms. The lowest BCUT2D eigenvalue weighted by Crippen LogP contribution is -2.21. The van der Waals surface area contributed by atoms with Gasteiger partial charge in [-0.25, -0.2) is 0 Å². The standard InChI is InChI=1S/C5H11NOS2/c1-4-5(7-4)6-2-3-9-8/h4-6,8H,2-3H2,1H3. The molecule has 4 heteroatoms. The smallest absolute Gasteiger partial charge is 0.134 e. The zero-order valence-corrected chi connectivity index (χ0v) is 7.04. The molecule has 1 rings (SSSR count). The van der Waals surface area contributed by atoms with Gasteiger partial charge < -0.3 is 4.74 Å². The van der Waals surface area contributed by atoms with E-state index in [4.69, 9.17) is 4.74 Å². The summed E-state index contributed by atoms with van der Waals surface area (Å²) >= 11 is 4.00. The monoisotopic (exact) mass is 165 g/mol. The van der Waals surface area contributed by atoms with Crippen LogP contribution in [0.15, 0.2) is 0 Å². The van der Waals surface area contributed by atoms with E-state index in [1.165, 1.54) is 0 Å². The van der Waals surface area contributed by atoms with Gasteiger partial charge in [0, 0.05) is 12.3 Å². The summed E-state index contributed by atoms with van der Waals surface area (Å²) in [4.78, 5) is 0. The number of hydrogen-bond acceptors (Lipinski definition) is 4. The Morgan fingerprint density at radius 1 is 1.78 bits per heavy atom. The predicted octanol–water partition coefficient (Wildman–Crippen LogP) is 0.899. The lowest BCUT2D eigenvalue weighted by atomic mass is 10.5. The van der Waals surface area contributed by atoms with Gasteiger partial charge in [0.15, 0.2) is 0 Å². The molecule has 1 heterocycles. The molecule has 54 valence electrons. The van der Waals surface area contributed by atoms with E-state index in [-0.39, 0.29) is 0 Å². The average molecular weight is 165 g/mol. The van der Waals surface area contributed by atoms with Crippen molar-refractivity contribution in [2.45, 2.75) is 19.3 Å². The number of epoxide rings is 1. The van der Waals surface area contributed by atoms with E-state index in [2.05, 4.69) is 23.9 Å². The van der Waals surface area contributed by atoms with Crippen LogP contribution in [0.1, 0.15) is 6.92 Å². The van der Waals surface area contributed by atoms with Crippen LogP contribution in [0.3, 0.4) is 0 Å². The van der Waals surface area contributed by atoms with E-state index < -0.39 is 0 Å². The zero-order chi connectivity index (χ0) is 6.69. The fourth-order valence-corrected chi connectivity index (χ4v) is 1.13. The van der Waals surface area contributed by atoms with Gasteiger partial charge in [0.05, 0.1) is 6.10 Å². The van der Waals surface area contributed by atoms with Gasteiger partial charge in [-0.1, -0.05) is 10.8 Å². The van der Waals surface area contributed by atoms with Crippen LogP contribution in [-0.4, -0.2) is 24.6 Å². The Morgan fingerprint density at radius 2 is 2.44 bits per heavy atom. The summed E-state index contributed by atoms with van der Waals surface area (Å²) in [6, 6.07) is 0. The first kappa shape index (κ1) is 7.72. The molecule has 2 atom stereocenters. The summed E-state index contributed by atoms with van der Waals surface area (Å²) < 4.78 is 5.12. The molecule has 1 aliphatic heterocycles. The molecule has 9 heavy (non-hydrogen) atoms. The molecule has 1 fully saturated rings. The van der Waals surface area contributed by atoms with Crippen molar-refractivity contribution in [3.8, 4) is 0 Å². The highest BCUT2D eigenvalue weighted by Gasteiger charge is 2.32. The van der Waals surface area contributed by atoms with Crippen molar-refractivity contribution in [2.24, 2.45) is 0 Å². The molecule has 0 aromatic rings. The normalized spacial score (nSPS) is 32.7. The molecule has 0 saturated carbocycles. The predicted molar refractivity (Wildman–Crippen MR) is 43.8 cm³/mol. The minimum absolute atomic E-state index is 0.325. The Balaban J connectivity index is 1.83. The number of hydrogen-bond donors (Lipinski definition) is 2. The van der Waals surface area contributed by atoms with Crippen LogP contribution in [-0.2, 0) is 4.74 Å². The second-order valence-corrected chi connectivity index (χ2v) is 3.49. The third kappa shape index (κ3) is 2.80. The Bertz CT molecular complexity index is 91.0. The lowest BCUT2D eigenvalue weighted by molar-refractivity contribution is 0.354. The van der Waals surface area contributed by atoms with Gasteiger partial charge in [-0.15, -0.1) is 11.7 Å². The van der Waals surface area contributed by atoms with Crippen molar-refractivity contribution in [1.29, 1.82) is 0 Å². The minimum Gasteiger partial charge on any atom is -0.354 e. The third-order valence-corrected chi connectivity index (χ3v) is 2.18. The van der Waals surface area contributed by atoms with Crippen LogP contribution in [0.5, 0.6) is 0 Å². The number of ether oxygens (including phenoxy) is 1. The van der Waals surface area contributed by atoms with Crippen LogP contribution < -0.4 is 5.32 Å². The maximum atomic E-state index is 5.12. The first-order valence-electron chi connectivity index (χ1n) is 3.00. The molecule has 0 radical (unpaired) electrons. The fourth-order valence-electron chi connectivity index (χ4n) is 0.647. The van der Waals surface area contributed by atoms with Crippen LogP contribution in [0, 0.1) is 0 Å². The molecule has 0 bridgehead atoms. The van der Waals surface area contributed by atoms with E-state index in [1.807, 2.05) is 0 Å². The van der Waals surface area contributed by atoms with E-state index in [0.29, 0.717) is 12.3 Å². The largest absolute Gasteiger partial charge is 0.354 e. The van der Waals surface area contributed by atoms with Gasteiger partial charge in [-0.05, 0) is 6.92 Å². The second kappa shape index (κ2) is 3.71. The maximum Gasteiger partial charge on any atom is 0.134 e. The molecule has 2 unspecified atom stereocenters. The topological polar surface area (TPSA) is 24.6 Å². The van der Waals surface area contributed by atoms with Crippen molar-refractivity contribution < 1.29 is 4.74 Å². The third-order valence-electron chi connectivity index (χ3n) is 1.25. The van der Waals surface area contributed by atoms with Crippen LogP contribution in [0.2, 0.25) is 0 Å². The quantitative estimate of drug-likeness (QED) is 0.280. The van der Waals surface area contributed by atoms with E-state index in [9.17, 15) is 0 Å². The van der Waals surface area contributed by atoms with Gasteiger partial charge in [-0.3, -0.25) is 5.32 Å². The van der Waals surface area contributed by atoms with Crippen molar-refractivity contribution in [3.05, 3.63) is 0 Å². The molecular formula is C5H11NOS2. The van der Waals surface area contributed by atoms with Crippen LogP contribution in [0.4, 0.5) is 0 Å². The summed E-state index contributed by atoms with van der Waals surface area (Å²) in [6.45, 7) is 3.05. The summed E-state index contributed by atoms with van der Waals surface area (Å²) in [5.74, 6) is 1.04. The SMILES string of the molecule is CC1OC1NCCSS. The van der Waals surface area contributed by atoms with Gasteiger partial charge in [0.1, 0.15) is 6.23 Å². The highest BCUT2D eigenvalue weighted by atomic mass is 33.1. The molecular weight excluding hydrogens is 154 g/mol. The fraction of sp³-hybridized carbons (Fsp3) is 1.00. The van der Waals surface area contributed by atoms with Gasteiger partial charge in [0.2, 0.25) is 0 Å². The van der Waals surface area contributed by atoms with E-state index in [0.717, 1.165) is 12.3 Å². The lowest BCUT2D eigenvalue weighted by Gasteiger charge is -1.95. The van der Waals surface area contributed by atoms with Gasteiger partial charge >= 0.3 is 0 Å². The summed E-state index contributed by atoms with van der Waals surface area (Å²) in [5.41, 5.74) is 0. The van der Waals surface area contributed by atoms with Crippen LogP contribution in [0.25, 0.3) is 0 Å². The van der Waals surface area contributed by atoms with Crippen LogP contribution >= 0.6 is 22.5 Å². The summed E-state index contributed by atoms with van der Waals surface area (Å²) in [6.07, 6.45) is 0.750. The molecule has 0 aromatic carbocycles. The summed E-state index contributed by atoms with van der Waals surface area (Å²) in [7, 11) is 1.55. The number of nitrogens with one attached hydrogen (secondary N) is 1. The Hall–Kier alpha value is 0.620. The first-order chi connectivity index (χ1) is 4.34. The summed E-state index contributed by atoms with van der Waals surface area (Å²) in [5, 5.41) is 3.22. The van der Waals surface area contributed by atoms with E-state index >= 15 is 0 Å². The Kier molecular flexibility index (Phi) is 3.18. The second-order valence-electron chi connectivity index (χ2n) is 2.05. The zero-order valence-electron chi connectivity index (χ0n) is 5.33. The minimum atomic E-state index is 0.325. The molecule has 0 aliphatic carbocycles. The van der Waals surface area contributed by atoms with Crippen molar-refractivity contribution in [2.75, 3.05) is 12.3 Å². The van der Waals surface area contributed by atoms with E-state index in [1.54, 1.807) is 10.8 Å². The average Bonchev–Trinajstić information content (AvgIpc) is 2.48. The molecule has 1 N–H and O–H groups in total.